The van der Waals surface area contributed by atoms with Gasteiger partial charge in [-0.1, -0.05) is 71.7 Å². The summed E-state index contributed by atoms with van der Waals surface area (Å²) in [4.78, 5) is 24.6. The van der Waals surface area contributed by atoms with E-state index < -0.39 is 35.6 Å². The smallest absolute Gasteiger partial charge is 0.379 e. The summed E-state index contributed by atoms with van der Waals surface area (Å²) >= 11 is 0. The van der Waals surface area contributed by atoms with E-state index in [1.807, 2.05) is 27.7 Å². The van der Waals surface area contributed by atoms with Crippen molar-refractivity contribution in [2.75, 3.05) is 0 Å². The Morgan fingerprint density at radius 3 is 2.26 bits per heavy atom. The van der Waals surface area contributed by atoms with E-state index in [1.165, 1.54) is 12.3 Å². The van der Waals surface area contributed by atoms with Gasteiger partial charge in [-0.3, -0.25) is 9.59 Å². The molecule has 208 valence electrons. The highest BCUT2D eigenvalue weighted by atomic mass is 19.4. The molecular formula is C31H40F3NO3. The summed E-state index contributed by atoms with van der Waals surface area (Å²) in [6, 6.07) is 7.71. The average molecular weight is 532 g/mol. The number of aliphatic hydroxyl groups is 1. The van der Waals surface area contributed by atoms with Crippen LogP contribution in [0.1, 0.15) is 94.9 Å². The minimum Gasteiger partial charge on any atom is -0.379 e. The van der Waals surface area contributed by atoms with Gasteiger partial charge < -0.3 is 9.67 Å². The SMILES string of the molecule is C#Cc1c(/C=C\C)n(CC(O)(CC(C)(C)c2cccc(C(=O)C3CC3)c2)C(F)(F)F)ccc1=O.CC.CC. The number of halogens is 3. The number of benzene rings is 1. The Balaban J connectivity index is 0.00000172. The molecule has 3 rings (SSSR count). The van der Waals surface area contributed by atoms with Crippen molar-refractivity contribution in [3.63, 3.8) is 0 Å². The maximum atomic E-state index is 14.3. The second kappa shape index (κ2) is 13.6. The number of carbonyl (C=O) groups is 1. The topological polar surface area (TPSA) is 59.3 Å². The van der Waals surface area contributed by atoms with Crippen LogP contribution in [0.15, 0.2) is 47.4 Å². The lowest BCUT2D eigenvalue weighted by Crippen LogP contribution is -2.52. The van der Waals surface area contributed by atoms with Gasteiger partial charge in [-0.25, -0.2) is 0 Å². The average Bonchev–Trinajstić information content (AvgIpc) is 3.73. The number of hydrogen-bond acceptors (Lipinski definition) is 3. The summed E-state index contributed by atoms with van der Waals surface area (Å²) in [7, 11) is 0. The van der Waals surface area contributed by atoms with Crippen molar-refractivity contribution in [2.45, 2.75) is 91.5 Å². The third-order valence-electron chi connectivity index (χ3n) is 6.26. The molecule has 1 heterocycles. The fourth-order valence-electron chi connectivity index (χ4n) is 4.25. The van der Waals surface area contributed by atoms with Crippen LogP contribution in [0, 0.1) is 18.3 Å². The minimum absolute atomic E-state index is 0.00481. The van der Waals surface area contributed by atoms with E-state index in [-0.39, 0.29) is 23.0 Å². The predicted octanol–water partition coefficient (Wildman–Crippen LogP) is 7.17. The molecule has 1 aromatic heterocycles. The molecule has 0 spiro atoms. The van der Waals surface area contributed by atoms with Crippen molar-refractivity contribution in [1.82, 2.24) is 4.57 Å². The summed E-state index contributed by atoms with van der Waals surface area (Å²) in [5, 5.41) is 11.0. The Labute approximate surface area is 224 Å². The first-order valence-electron chi connectivity index (χ1n) is 13.1. The molecule has 2 aromatic rings. The van der Waals surface area contributed by atoms with Crippen LogP contribution >= 0.6 is 0 Å². The lowest BCUT2D eigenvalue weighted by Gasteiger charge is -2.39. The molecule has 0 bridgehead atoms. The molecule has 1 N–H and O–H groups in total. The molecule has 4 nitrogen and oxygen atoms in total. The van der Waals surface area contributed by atoms with E-state index >= 15 is 0 Å². The van der Waals surface area contributed by atoms with Gasteiger partial charge >= 0.3 is 6.18 Å². The van der Waals surface area contributed by atoms with Crippen LogP contribution in [0.3, 0.4) is 0 Å². The largest absolute Gasteiger partial charge is 0.418 e. The lowest BCUT2D eigenvalue weighted by atomic mass is 9.74. The molecule has 0 amide bonds. The molecule has 1 fully saturated rings. The molecule has 7 heteroatoms. The number of terminal acetylenes is 1. The van der Waals surface area contributed by atoms with Gasteiger partial charge in [-0.05, 0) is 49.3 Å². The number of rotatable bonds is 8. The van der Waals surface area contributed by atoms with Gasteiger partial charge in [-0.2, -0.15) is 13.2 Å². The number of Topliss-reactive ketones (excluding diaryl/α,β-unsaturated/α-hetero) is 1. The second-order valence-electron chi connectivity index (χ2n) is 9.52. The van der Waals surface area contributed by atoms with Gasteiger partial charge in [0.05, 0.1) is 17.8 Å². The van der Waals surface area contributed by atoms with Gasteiger partial charge in [0.15, 0.2) is 16.8 Å². The monoisotopic (exact) mass is 531 g/mol. The predicted molar refractivity (Wildman–Crippen MR) is 148 cm³/mol. The Hall–Kier alpha value is -3.11. The van der Waals surface area contributed by atoms with Gasteiger partial charge in [-0.15, -0.1) is 6.42 Å². The number of nitrogens with zero attached hydrogens (tertiary/aromatic N) is 1. The quantitative estimate of drug-likeness (QED) is 0.290. The van der Waals surface area contributed by atoms with Crippen molar-refractivity contribution in [2.24, 2.45) is 5.92 Å². The number of aromatic nitrogens is 1. The number of pyridine rings is 1. The Morgan fingerprint density at radius 2 is 1.76 bits per heavy atom. The zero-order valence-corrected chi connectivity index (χ0v) is 23.4. The molecule has 1 atom stereocenters. The van der Waals surface area contributed by atoms with Gasteiger partial charge in [0.1, 0.15) is 0 Å². The molecule has 0 saturated heterocycles. The minimum atomic E-state index is -4.97. The first kappa shape index (κ1) is 32.9. The van der Waals surface area contributed by atoms with E-state index in [0.717, 1.165) is 23.5 Å². The van der Waals surface area contributed by atoms with Crippen molar-refractivity contribution in [1.29, 1.82) is 0 Å². The summed E-state index contributed by atoms with van der Waals surface area (Å²) in [6.07, 6.45) is 5.66. The third kappa shape index (κ3) is 7.70. The molecule has 1 aliphatic rings. The Kier molecular flexibility index (Phi) is 11.8. The fourth-order valence-corrected chi connectivity index (χ4v) is 4.25. The second-order valence-corrected chi connectivity index (χ2v) is 9.52. The summed E-state index contributed by atoms with van der Waals surface area (Å²) in [5.74, 6) is 2.22. The molecule has 0 radical (unpaired) electrons. The van der Waals surface area contributed by atoms with E-state index in [9.17, 15) is 27.9 Å². The Bertz CT molecular complexity index is 1210. The van der Waals surface area contributed by atoms with Crippen LogP contribution in [0.4, 0.5) is 13.2 Å². The van der Waals surface area contributed by atoms with E-state index in [0.29, 0.717) is 11.1 Å². The molecule has 1 unspecified atom stereocenters. The highest BCUT2D eigenvalue weighted by Crippen LogP contribution is 2.43. The van der Waals surface area contributed by atoms with Gasteiger partial charge in [0, 0.05) is 23.7 Å². The standard InChI is InChI=1S/C27H28F3NO3.2C2H6/c1-5-8-22-21(6-2)23(32)13-14-31(22)17-26(34,27(28,29)30)16-25(3,4)20-10-7-9-19(15-20)24(33)18-11-12-18;2*1-2/h2,5,7-10,13-15,18,34H,11-12,16-17H2,1,3-4H3;2*1-2H3/b8-5-;;. The molecule has 1 saturated carbocycles. The summed E-state index contributed by atoms with van der Waals surface area (Å²) in [5.41, 5.74) is -3.70. The third-order valence-corrected chi connectivity index (χ3v) is 6.26. The molecule has 38 heavy (non-hydrogen) atoms. The lowest BCUT2D eigenvalue weighted by molar-refractivity contribution is -0.271. The van der Waals surface area contributed by atoms with Crippen molar-refractivity contribution >= 4 is 11.9 Å². The molecule has 1 aliphatic carbocycles. The van der Waals surface area contributed by atoms with Crippen LogP contribution in [-0.4, -0.2) is 27.2 Å². The maximum absolute atomic E-state index is 14.3. The van der Waals surface area contributed by atoms with E-state index in [2.05, 4.69) is 5.92 Å². The summed E-state index contributed by atoms with van der Waals surface area (Å²) in [6.45, 7) is 12.0. The maximum Gasteiger partial charge on any atom is 0.418 e. The van der Waals surface area contributed by atoms with Crippen LogP contribution in [-0.2, 0) is 12.0 Å². The number of allylic oxidation sites excluding steroid dienone is 1. The van der Waals surface area contributed by atoms with E-state index in [4.69, 9.17) is 6.42 Å². The van der Waals surface area contributed by atoms with Crippen LogP contribution in [0.2, 0.25) is 0 Å². The Morgan fingerprint density at radius 1 is 1.16 bits per heavy atom. The van der Waals surface area contributed by atoms with Gasteiger partial charge in [0.25, 0.3) is 0 Å². The van der Waals surface area contributed by atoms with E-state index in [1.54, 1.807) is 51.1 Å². The number of carbonyl (C=O) groups excluding carboxylic acids is 1. The molecular weight excluding hydrogens is 491 g/mol. The zero-order chi connectivity index (χ0) is 29.3. The highest BCUT2D eigenvalue weighted by molar-refractivity contribution is 5.99. The fraction of sp³-hybridized carbons (Fsp3) is 0.484. The van der Waals surface area contributed by atoms with Crippen LogP contribution in [0.5, 0.6) is 0 Å². The first-order valence-corrected chi connectivity index (χ1v) is 13.1. The first-order chi connectivity index (χ1) is 17.8. The van der Waals surface area contributed by atoms with Crippen LogP contribution in [0.25, 0.3) is 6.08 Å². The number of ketones is 1. The molecule has 0 aliphatic heterocycles. The summed E-state index contributed by atoms with van der Waals surface area (Å²) < 4.78 is 44.1. The zero-order valence-electron chi connectivity index (χ0n) is 23.4. The normalized spacial score (nSPS) is 14.9. The van der Waals surface area contributed by atoms with Gasteiger partial charge in [0.2, 0.25) is 0 Å². The number of alkyl halides is 3. The molecule has 1 aromatic carbocycles. The van der Waals surface area contributed by atoms with Crippen molar-refractivity contribution in [3.8, 4) is 12.3 Å². The van der Waals surface area contributed by atoms with Crippen LogP contribution < -0.4 is 5.43 Å². The van der Waals surface area contributed by atoms with Crippen molar-refractivity contribution < 1.29 is 23.1 Å². The number of hydrogen-bond donors (Lipinski definition) is 1. The van der Waals surface area contributed by atoms with Crippen molar-refractivity contribution in [3.05, 3.63) is 75.2 Å². The highest BCUT2D eigenvalue weighted by Gasteiger charge is 2.56.